The Morgan fingerprint density at radius 2 is 2.36 bits per heavy atom. The fourth-order valence-corrected chi connectivity index (χ4v) is 1.85. The summed E-state index contributed by atoms with van der Waals surface area (Å²) >= 11 is 0. The SMILES string of the molecule is CC1(CNC(=O)NC2CC2)CCCN1. The number of hydrogen-bond donors (Lipinski definition) is 3. The molecule has 4 heteroatoms. The van der Waals surface area contributed by atoms with Crippen LogP contribution in [0.15, 0.2) is 0 Å². The lowest BCUT2D eigenvalue weighted by atomic mass is 10.0. The van der Waals surface area contributed by atoms with Gasteiger partial charge in [0.15, 0.2) is 0 Å². The van der Waals surface area contributed by atoms with Gasteiger partial charge in [0.2, 0.25) is 0 Å². The average molecular weight is 197 g/mol. The number of carbonyl (C=O) groups is 1. The van der Waals surface area contributed by atoms with Gasteiger partial charge in [0.25, 0.3) is 0 Å². The number of carbonyl (C=O) groups excluding carboxylic acids is 1. The van der Waals surface area contributed by atoms with Crippen LogP contribution in [0.25, 0.3) is 0 Å². The third kappa shape index (κ3) is 2.61. The summed E-state index contributed by atoms with van der Waals surface area (Å²) in [6, 6.07) is 0.432. The predicted molar refractivity (Wildman–Crippen MR) is 55.2 cm³/mol. The molecule has 0 aromatic rings. The molecule has 1 aliphatic carbocycles. The predicted octanol–water partition coefficient (Wildman–Crippen LogP) is 0.590. The first-order valence-corrected chi connectivity index (χ1v) is 5.47. The maximum absolute atomic E-state index is 11.3. The van der Waals surface area contributed by atoms with Crippen LogP contribution in [0.1, 0.15) is 32.6 Å². The van der Waals surface area contributed by atoms with E-state index in [1.807, 2.05) is 0 Å². The molecule has 0 spiro atoms. The molecule has 0 aromatic heterocycles. The smallest absolute Gasteiger partial charge is 0.315 e. The summed E-state index contributed by atoms with van der Waals surface area (Å²) in [6.07, 6.45) is 4.64. The van der Waals surface area contributed by atoms with Crippen LogP contribution in [-0.4, -0.2) is 30.7 Å². The van der Waals surface area contributed by atoms with Crippen molar-refractivity contribution in [3.63, 3.8) is 0 Å². The van der Waals surface area contributed by atoms with E-state index in [0.29, 0.717) is 6.04 Å². The monoisotopic (exact) mass is 197 g/mol. The van der Waals surface area contributed by atoms with Crippen molar-refractivity contribution < 1.29 is 4.79 Å². The average Bonchev–Trinajstić information content (AvgIpc) is 2.85. The van der Waals surface area contributed by atoms with Crippen molar-refractivity contribution in [3.8, 4) is 0 Å². The number of amides is 2. The largest absolute Gasteiger partial charge is 0.336 e. The van der Waals surface area contributed by atoms with Gasteiger partial charge in [-0.3, -0.25) is 0 Å². The summed E-state index contributed by atoms with van der Waals surface area (Å²) < 4.78 is 0. The van der Waals surface area contributed by atoms with Gasteiger partial charge >= 0.3 is 6.03 Å². The zero-order chi connectivity index (χ0) is 10.0. The summed E-state index contributed by atoms with van der Waals surface area (Å²) in [6.45, 7) is 3.96. The molecule has 0 bridgehead atoms. The Kier molecular flexibility index (Phi) is 2.63. The van der Waals surface area contributed by atoms with Gasteiger partial charge in [-0.15, -0.1) is 0 Å². The first kappa shape index (κ1) is 9.77. The van der Waals surface area contributed by atoms with Gasteiger partial charge in [0.1, 0.15) is 0 Å². The lowest BCUT2D eigenvalue weighted by molar-refractivity contribution is 0.236. The van der Waals surface area contributed by atoms with Gasteiger partial charge in [-0.2, -0.15) is 0 Å². The van der Waals surface area contributed by atoms with Crippen molar-refractivity contribution in [1.29, 1.82) is 0 Å². The van der Waals surface area contributed by atoms with Crippen molar-refractivity contribution >= 4 is 6.03 Å². The van der Waals surface area contributed by atoms with E-state index in [4.69, 9.17) is 0 Å². The molecule has 2 amide bonds. The Morgan fingerprint density at radius 1 is 1.57 bits per heavy atom. The van der Waals surface area contributed by atoms with Crippen LogP contribution >= 0.6 is 0 Å². The molecule has 1 unspecified atom stereocenters. The molecule has 80 valence electrons. The van der Waals surface area contributed by atoms with Crippen LogP contribution < -0.4 is 16.0 Å². The number of urea groups is 1. The highest BCUT2D eigenvalue weighted by molar-refractivity contribution is 5.74. The Labute approximate surface area is 84.8 Å². The molecule has 2 fully saturated rings. The van der Waals surface area contributed by atoms with Gasteiger partial charge in [-0.05, 0) is 39.2 Å². The fourth-order valence-electron chi connectivity index (χ4n) is 1.85. The Bertz CT molecular complexity index is 219. The maximum atomic E-state index is 11.3. The minimum Gasteiger partial charge on any atom is -0.336 e. The normalized spacial score (nSPS) is 31.5. The highest BCUT2D eigenvalue weighted by Gasteiger charge is 2.29. The Morgan fingerprint density at radius 3 is 2.93 bits per heavy atom. The van der Waals surface area contributed by atoms with Crippen LogP contribution in [0.2, 0.25) is 0 Å². The van der Waals surface area contributed by atoms with Crippen LogP contribution in [0.3, 0.4) is 0 Å². The zero-order valence-corrected chi connectivity index (χ0v) is 8.73. The zero-order valence-electron chi connectivity index (χ0n) is 8.73. The molecule has 1 atom stereocenters. The minimum absolute atomic E-state index is 0.0116. The first-order chi connectivity index (χ1) is 6.68. The molecule has 4 nitrogen and oxygen atoms in total. The van der Waals surface area contributed by atoms with Gasteiger partial charge < -0.3 is 16.0 Å². The molecule has 0 radical (unpaired) electrons. The molecule has 1 saturated heterocycles. The second kappa shape index (κ2) is 3.77. The van der Waals surface area contributed by atoms with E-state index in [1.54, 1.807) is 0 Å². The summed E-state index contributed by atoms with van der Waals surface area (Å²) in [7, 11) is 0. The molecule has 1 heterocycles. The first-order valence-electron chi connectivity index (χ1n) is 5.47. The second-order valence-corrected chi connectivity index (χ2v) is 4.69. The van der Waals surface area contributed by atoms with Gasteiger partial charge in [0, 0.05) is 18.1 Å². The highest BCUT2D eigenvalue weighted by atomic mass is 16.2. The van der Waals surface area contributed by atoms with Crippen molar-refractivity contribution in [2.45, 2.75) is 44.2 Å². The third-order valence-electron chi connectivity index (χ3n) is 3.01. The molecule has 2 rings (SSSR count). The van der Waals surface area contributed by atoms with E-state index in [-0.39, 0.29) is 11.6 Å². The molecular weight excluding hydrogens is 178 g/mol. The Balaban J connectivity index is 1.67. The van der Waals surface area contributed by atoms with Crippen LogP contribution in [0, 0.1) is 0 Å². The summed E-state index contributed by atoms with van der Waals surface area (Å²) in [5, 5.41) is 9.26. The van der Waals surface area contributed by atoms with Gasteiger partial charge in [0.05, 0.1) is 0 Å². The fraction of sp³-hybridized carbons (Fsp3) is 0.900. The Hall–Kier alpha value is -0.770. The van der Waals surface area contributed by atoms with E-state index in [1.165, 1.54) is 6.42 Å². The standard InChI is InChI=1S/C10H19N3O/c1-10(5-2-6-12-10)7-11-9(14)13-8-3-4-8/h8,12H,2-7H2,1H3,(H2,11,13,14). The minimum atomic E-state index is -0.0116. The van der Waals surface area contributed by atoms with Gasteiger partial charge in [-0.25, -0.2) is 4.79 Å². The third-order valence-corrected chi connectivity index (χ3v) is 3.01. The topological polar surface area (TPSA) is 53.2 Å². The van der Waals surface area contributed by atoms with Crippen molar-refractivity contribution in [3.05, 3.63) is 0 Å². The molecule has 3 N–H and O–H groups in total. The van der Waals surface area contributed by atoms with Crippen molar-refractivity contribution in [1.82, 2.24) is 16.0 Å². The summed E-state index contributed by atoms with van der Waals surface area (Å²) in [5.41, 5.74) is 0.112. The van der Waals surface area contributed by atoms with E-state index in [0.717, 1.165) is 32.4 Å². The number of hydrogen-bond acceptors (Lipinski definition) is 2. The number of nitrogens with one attached hydrogen (secondary N) is 3. The van der Waals surface area contributed by atoms with E-state index in [9.17, 15) is 4.79 Å². The van der Waals surface area contributed by atoms with Crippen LogP contribution in [0.5, 0.6) is 0 Å². The quantitative estimate of drug-likeness (QED) is 0.620. The van der Waals surface area contributed by atoms with E-state index < -0.39 is 0 Å². The molecule has 1 saturated carbocycles. The molecule has 1 aliphatic heterocycles. The molecular formula is C10H19N3O. The highest BCUT2D eigenvalue weighted by Crippen LogP contribution is 2.19. The van der Waals surface area contributed by atoms with Crippen molar-refractivity contribution in [2.75, 3.05) is 13.1 Å². The van der Waals surface area contributed by atoms with Crippen LogP contribution in [0.4, 0.5) is 4.79 Å². The summed E-state index contributed by atoms with van der Waals surface area (Å²) in [4.78, 5) is 11.3. The van der Waals surface area contributed by atoms with Gasteiger partial charge in [-0.1, -0.05) is 0 Å². The number of rotatable bonds is 3. The van der Waals surface area contributed by atoms with E-state index >= 15 is 0 Å². The maximum Gasteiger partial charge on any atom is 0.315 e. The molecule has 14 heavy (non-hydrogen) atoms. The molecule has 2 aliphatic rings. The van der Waals surface area contributed by atoms with Crippen molar-refractivity contribution in [2.24, 2.45) is 0 Å². The lowest BCUT2D eigenvalue weighted by Crippen LogP contribution is -2.50. The second-order valence-electron chi connectivity index (χ2n) is 4.69. The van der Waals surface area contributed by atoms with E-state index in [2.05, 4.69) is 22.9 Å². The lowest BCUT2D eigenvalue weighted by Gasteiger charge is -2.24. The molecule has 0 aromatic carbocycles. The summed E-state index contributed by atoms with van der Waals surface area (Å²) in [5.74, 6) is 0. The van der Waals surface area contributed by atoms with Crippen LogP contribution in [-0.2, 0) is 0 Å².